The normalized spacial score (nSPS) is 12.2. The Balaban J connectivity index is 1.65. The van der Waals surface area contributed by atoms with Crippen molar-refractivity contribution in [3.63, 3.8) is 0 Å². The lowest BCUT2D eigenvalue weighted by atomic mass is 9.96. The summed E-state index contributed by atoms with van der Waals surface area (Å²) in [7, 11) is 0. The molecule has 0 aliphatic carbocycles. The van der Waals surface area contributed by atoms with Gasteiger partial charge in [0.05, 0.1) is 5.56 Å². The van der Waals surface area contributed by atoms with Gasteiger partial charge < -0.3 is 0 Å². The van der Waals surface area contributed by atoms with Gasteiger partial charge in [-0.2, -0.15) is 0 Å². The Bertz CT molecular complexity index is 1520. The predicted octanol–water partition coefficient (Wildman–Crippen LogP) is 10.1. The van der Waals surface area contributed by atoms with E-state index in [0.29, 0.717) is 29.7 Å². The minimum atomic E-state index is -1.59. The van der Waals surface area contributed by atoms with Crippen molar-refractivity contribution in [1.29, 1.82) is 0 Å². The fraction of sp³-hybridized carbons (Fsp3) is 0.0667. The number of hydrogen-bond donors (Lipinski definition) is 0. The van der Waals surface area contributed by atoms with Crippen molar-refractivity contribution < 1.29 is 35.1 Å². The summed E-state index contributed by atoms with van der Waals surface area (Å²) in [6.45, 7) is 1.70. The Morgan fingerprint density at radius 3 is 1.68 bits per heavy atom. The average molecular weight is 530 g/mol. The quantitative estimate of drug-likeness (QED) is 0.132. The van der Waals surface area contributed by atoms with E-state index in [0.717, 1.165) is 24.3 Å². The van der Waals surface area contributed by atoms with Gasteiger partial charge in [0, 0.05) is 11.1 Å². The highest BCUT2D eigenvalue weighted by atomic mass is 19.2. The molecule has 0 N–H and O–H groups in total. The van der Waals surface area contributed by atoms with Gasteiger partial charge in [-0.1, -0.05) is 49.4 Å². The average Bonchev–Trinajstić information content (AvgIpc) is 2.89. The Labute approximate surface area is 213 Å². The molecule has 0 nitrogen and oxygen atoms in total. The Morgan fingerprint density at radius 1 is 0.605 bits per heavy atom. The van der Waals surface area contributed by atoms with Gasteiger partial charge in [0.25, 0.3) is 0 Å². The van der Waals surface area contributed by atoms with Crippen LogP contribution in [0.4, 0.5) is 35.1 Å². The first kappa shape index (κ1) is 26.9. The van der Waals surface area contributed by atoms with E-state index in [1.54, 1.807) is 6.92 Å². The van der Waals surface area contributed by atoms with Crippen molar-refractivity contribution in [2.24, 2.45) is 0 Å². The summed E-state index contributed by atoms with van der Waals surface area (Å²) in [5.41, 5.74) is -0.598. The molecule has 0 unspecified atom stereocenters. The predicted molar refractivity (Wildman–Crippen MR) is 131 cm³/mol. The topological polar surface area (TPSA) is 0 Å². The largest absolute Gasteiger partial charge is 0.206 e. The van der Waals surface area contributed by atoms with Crippen LogP contribution in [0, 0.1) is 34.9 Å². The van der Waals surface area contributed by atoms with Crippen LogP contribution in [0.3, 0.4) is 0 Å². The SMILES string of the molecule is CCC=CC(F)=C(F)c1cc(F)c(-c2ccc(-c3ccc(-c4cc(F)c(F)c(F)c4)cc3)c(F)c2)c(F)c1. The Morgan fingerprint density at radius 2 is 1.13 bits per heavy atom. The molecule has 0 bridgehead atoms. The number of halogens is 8. The molecule has 38 heavy (non-hydrogen) atoms. The maximum atomic E-state index is 15.0. The zero-order chi connectivity index (χ0) is 27.6. The highest BCUT2D eigenvalue weighted by Gasteiger charge is 2.19. The highest BCUT2D eigenvalue weighted by Crippen LogP contribution is 2.34. The summed E-state index contributed by atoms with van der Waals surface area (Å²) in [5.74, 6) is -10.3. The number of allylic oxidation sites excluding steroid dienone is 3. The van der Waals surface area contributed by atoms with Gasteiger partial charge in [-0.3, -0.25) is 0 Å². The second kappa shape index (κ2) is 11.0. The van der Waals surface area contributed by atoms with Crippen LogP contribution >= 0.6 is 0 Å². The third-order valence-corrected chi connectivity index (χ3v) is 5.78. The van der Waals surface area contributed by atoms with E-state index < -0.39 is 57.7 Å². The van der Waals surface area contributed by atoms with Crippen LogP contribution in [0.5, 0.6) is 0 Å². The smallest absolute Gasteiger partial charge is 0.194 e. The highest BCUT2D eigenvalue weighted by molar-refractivity contribution is 5.75. The lowest BCUT2D eigenvalue weighted by Gasteiger charge is -2.11. The van der Waals surface area contributed by atoms with E-state index in [4.69, 9.17) is 0 Å². The molecule has 0 saturated carbocycles. The third kappa shape index (κ3) is 5.39. The standard InChI is InChI=1S/C30H18F8/c1-2-3-4-22(31)29(37)20-14-24(33)28(25(34)15-20)18-9-10-21(23(32)11-18)17-7-5-16(6-8-17)19-12-26(35)30(38)27(36)13-19/h3-15H,2H2,1H3. The molecule has 0 amide bonds. The molecule has 4 rings (SSSR count). The van der Waals surface area contributed by atoms with Gasteiger partial charge in [0.1, 0.15) is 17.5 Å². The second-order valence-electron chi connectivity index (χ2n) is 8.31. The molecular formula is C30H18F8. The first-order chi connectivity index (χ1) is 18.1. The van der Waals surface area contributed by atoms with E-state index in [2.05, 4.69) is 0 Å². The zero-order valence-corrected chi connectivity index (χ0v) is 19.7. The second-order valence-corrected chi connectivity index (χ2v) is 8.31. The van der Waals surface area contributed by atoms with Crippen LogP contribution in [-0.2, 0) is 0 Å². The van der Waals surface area contributed by atoms with Crippen LogP contribution in [0.2, 0.25) is 0 Å². The maximum Gasteiger partial charge on any atom is 0.194 e. The van der Waals surface area contributed by atoms with Crippen LogP contribution in [-0.4, -0.2) is 0 Å². The summed E-state index contributed by atoms with van der Waals surface area (Å²) in [6, 6.07) is 12.1. The van der Waals surface area contributed by atoms with Crippen molar-refractivity contribution >= 4 is 5.83 Å². The molecule has 0 aliphatic rings. The van der Waals surface area contributed by atoms with E-state index in [9.17, 15) is 35.1 Å². The molecule has 0 aliphatic heterocycles. The van der Waals surface area contributed by atoms with Gasteiger partial charge in [-0.05, 0) is 65.1 Å². The molecular weight excluding hydrogens is 512 g/mol. The number of rotatable bonds is 6. The lowest BCUT2D eigenvalue weighted by Crippen LogP contribution is -1.95. The molecule has 0 radical (unpaired) electrons. The summed E-state index contributed by atoms with van der Waals surface area (Å²) in [4.78, 5) is 0. The van der Waals surface area contributed by atoms with Crippen LogP contribution in [0.25, 0.3) is 39.2 Å². The van der Waals surface area contributed by atoms with Gasteiger partial charge in [0.2, 0.25) is 0 Å². The molecule has 0 aromatic heterocycles. The van der Waals surface area contributed by atoms with E-state index in [1.165, 1.54) is 42.5 Å². The van der Waals surface area contributed by atoms with Crippen LogP contribution in [0.1, 0.15) is 18.9 Å². The van der Waals surface area contributed by atoms with Gasteiger partial charge in [0.15, 0.2) is 29.1 Å². The van der Waals surface area contributed by atoms with E-state index >= 15 is 0 Å². The summed E-state index contributed by atoms with van der Waals surface area (Å²) >= 11 is 0. The van der Waals surface area contributed by atoms with Crippen molar-refractivity contribution in [2.45, 2.75) is 13.3 Å². The molecule has 0 spiro atoms. The van der Waals surface area contributed by atoms with Crippen molar-refractivity contribution in [2.75, 3.05) is 0 Å². The molecule has 8 heteroatoms. The minimum absolute atomic E-state index is 0.0629. The molecule has 0 saturated heterocycles. The van der Waals surface area contributed by atoms with Gasteiger partial charge in [-0.25, -0.2) is 35.1 Å². The fourth-order valence-electron chi connectivity index (χ4n) is 3.88. The van der Waals surface area contributed by atoms with E-state index in [1.807, 2.05) is 0 Å². The van der Waals surface area contributed by atoms with Crippen molar-refractivity contribution in [3.8, 4) is 33.4 Å². The molecule has 0 atom stereocenters. The summed E-state index contributed by atoms with van der Waals surface area (Å²) < 4.78 is 113. The lowest BCUT2D eigenvalue weighted by molar-refractivity contribution is 0.448. The minimum Gasteiger partial charge on any atom is -0.206 e. The maximum absolute atomic E-state index is 15.0. The molecule has 4 aromatic carbocycles. The molecule has 4 aromatic rings. The molecule has 194 valence electrons. The molecule has 0 fully saturated rings. The summed E-state index contributed by atoms with van der Waals surface area (Å²) in [6.07, 6.45) is 2.63. The van der Waals surface area contributed by atoms with Crippen LogP contribution < -0.4 is 0 Å². The third-order valence-electron chi connectivity index (χ3n) is 5.78. The number of benzene rings is 4. The first-order valence-corrected chi connectivity index (χ1v) is 11.4. The fourth-order valence-corrected chi connectivity index (χ4v) is 3.88. The molecule has 0 heterocycles. The first-order valence-electron chi connectivity index (χ1n) is 11.4. The van der Waals surface area contributed by atoms with Crippen molar-refractivity contribution in [1.82, 2.24) is 0 Å². The number of hydrogen-bond acceptors (Lipinski definition) is 0. The van der Waals surface area contributed by atoms with Crippen LogP contribution in [0.15, 0.2) is 84.7 Å². The van der Waals surface area contributed by atoms with Gasteiger partial charge in [-0.15, -0.1) is 0 Å². The monoisotopic (exact) mass is 530 g/mol. The summed E-state index contributed by atoms with van der Waals surface area (Å²) in [5, 5.41) is 0. The Kier molecular flexibility index (Phi) is 7.80. The zero-order valence-electron chi connectivity index (χ0n) is 19.7. The van der Waals surface area contributed by atoms with E-state index in [-0.39, 0.29) is 16.7 Å². The Hall–Kier alpha value is -4.20. The van der Waals surface area contributed by atoms with Gasteiger partial charge >= 0.3 is 0 Å². The van der Waals surface area contributed by atoms with Crippen molar-refractivity contribution in [3.05, 3.63) is 125 Å².